The molecule has 0 radical (unpaired) electrons. The zero-order valence-electron chi connectivity index (χ0n) is 16.4. The second kappa shape index (κ2) is 15.8. The molecule has 3 heteroatoms. The summed E-state index contributed by atoms with van der Waals surface area (Å²) < 4.78 is 0. The minimum atomic E-state index is -0.327. The standard InChI is InChI=1S/C24H33NO2/c1-2-3-4-5-6-7-8-9-10-11-12-13-17-20-24(27)25-23(21-26)22-18-15-14-16-19-22/h2-3,5-6,8-9,11-12,14-16,18-19,23,26H,4,7,10,13,17,20-21H2,1H3,(H,25,27)/t23-/m0/s1. The van der Waals surface area contributed by atoms with E-state index in [1.54, 1.807) is 0 Å². The van der Waals surface area contributed by atoms with E-state index in [1.807, 2.05) is 37.3 Å². The molecule has 0 bridgehead atoms. The van der Waals surface area contributed by atoms with Gasteiger partial charge in [0.05, 0.1) is 12.6 Å². The van der Waals surface area contributed by atoms with E-state index < -0.39 is 0 Å². The highest BCUT2D eigenvalue weighted by molar-refractivity contribution is 5.76. The maximum atomic E-state index is 12.0. The largest absolute Gasteiger partial charge is 0.394 e. The topological polar surface area (TPSA) is 49.3 Å². The van der Waals surface area contributed by atoms with Crippen LogP contribution in [0.2, 0.25) is 0 Å². The lowest BCUT2D eigenvalue weighted by atomic mass is 10.1. The molecule has 0 saturated heterocycles. The van der Waals surface area contributed by atoms with Gasteiger partial charge in [-0.1, -0.05) is 78.9 Å². The number of amides is 1. The van der Waals surface area contributed by atoms with Crippen molar-refractivity contribution in [3.63, 3.8) is 0 Å². The third-order valence-electron chi connectivity index (χ3n) is 4.05. The number of hydrogen-bond acceptors (Lipinski definition) is 2. The van der Waals surface area contributed by atoms with Crippen LogP contribution in [0.4, 0.5) is 0 Å². The SMILES string of the molecule is CC=CCC=CCC=CCC=CCCCC(=O)N[C@@H](CO)c1ccccc1. The van der Waals surface area contributed by atoms with Gasteiger partial charge in [0.25, 0.3) is 0 Å². The number of unbranched alkanes of at least 4 members (excludes halogenated alkanes) is 1. The van der Waals surface area contributed by atoms with E-state index in [9.17, 15) is 9.90 Å². The highest BCUT2D eigenvalue weighted by Gasteiger charge is 2.12. The van der Waals surface area contributed by atoms with Crippen molar-refractivity contribution in [2.75, 3.05) is 6.61 Å². The zero-order valence-corrected chi connectivity index (χ0v) is 16.4. The average Bonchev–Trinajstić information content (AvgIpc) is 2.70. The molecule has 0 aliphatic carbocycles. The number of aliphatic hydroxyl groups excluding tert-OH is 1. The van der Waals surface area contributed by atoms with Gasteiger partial charge in [-0.3, -0.25) is 4.79 Å². The summed E-state index contributed by atoms with van der Waals surface area (Å²) in [6.07, 6.45) is 22.2. The van der Waals surface area contributed by atoms with E-state index in [0.29, 0.717) is 6.42 Å². The Morgan fingerprint density at radius 2 is 1.56 bits per heavy atom. The second-order valence-electron chi connectivity index (χ2n) is 6.30. The maximum Gasteiger partial charge on any atom is 0.220 e. The maximum absolute atomic E-state index is 12.0. The summed E-state index contributed by atoms with van der Waals surface area (Å²) >= 11 is 0. The minimum Gasteiger partial charge on any atom is -0.394 e. The van der Waals surface area contributed by atoms with Crippen molar-refractivity contribution in [3.05, 3.63) is 84.5 Å². The van der Waals surface area contributed by atoms with E-state index >= 15 is 0 Å². The Balaban J connectivity index is 2.12. The van der Waals surface area contributed by atoms with Crippen LogP contribution in [0.5, 0.6) is 0 Å². The lowest BCUT2D eigenvalue weighted by Crippen LogP contribution is -2.30. The number of allylic oxidation sites excluding steroid dienone is 8. The van der Waals surface area contributed by atoms with E-state index in [-0.39, 0.29) is 18.6 Å². The number of carbonyl (C=O) groups excluding carboxylic acids is 1. The predicted octanol–water partition coefficient (Wildman–Crippen LogP) is 5.42. The van der Waals surface area contributed by atoms with Gasteiger partial charge in [-0.15, -0.1) is 0 Å². The van der Waals surface area contributed by atoms with E-state index in [0.717, 1.165) is 37.7 Å². The second-order valence-corrected chi connectivity index (χ2v) is 6.30. The first-order chi connectivity index (χ1) is 13.3. The van der Waals surface area contributed by atoms with Gasteiger partial charge in [-0.05, 0) is 44.6 Å². The van der Waals surface area contributed by atoms with Gasteiger partial charge >= 0.3 is 0 Å². The molecule has 0 fully saturated rings. The molecule has 0 aliphatic rings. The van der Waals surface area contributed by atoms with Crippen LogP contribution in [0.15, 0.2) is 78.9 Å². The molecule has 0 spiro atoms. The van der Waals surface area contributed by atoms with Gasteiger partial charge in [0.1, 0.15) is 0 Å². The molecule has 3 nitrogen and oxygen atoms in total. The fourth-order valence-electron chi connectivity index (χ4n) is 2.54. The Bertz CT molecular complexity index is 615. The van der Waals surface area contributed by atoms with E-state index in [1.165, 1.54) is 0 Å². The number of nitrogens with one attached hydrogen (secondary N) is 1. The lowest BCUT2D eigenvalue weighted by molar-refractivity contribution is -0.122. The van der Waals surface area contributed by atoms with E-state index in [2.05, 4.69) is 53.9 Å². The number of carbonyl (C=O) groups is 1. The van der Waals surface area contributed by atoms with E-state index in [4.69, 9.17) is 0 Å². The fourth-order valence-corrected chi connectivity index (χ4v) is 2.54. The Morgan fingerprint density at radius 3 is 2.15 bits per heavy atom. The lowest BCUT2D eigenvalue weighted by Gasteiger charge is -2.16. The molecule has 0 heterocycles. The van der Waals surface area contributed by atoms with Crippen molar-refractivity contribution in [2.45, 2.75) is 51.5 Å². The average molecular weight is 368 g/mol. The summed E-state index contributed by atoms with van der Waals surface area (Å²) in [6, 6.07) is 9.23. The molecule has 0 saturated carbocycles. The molecule has 146 valence electrons. The Morgan fingerprint density at radius 1 is 0.963 bits per heavy atom. The van der Waals surface area contributed by atoms with Gasteiger partial charge < -0.3 is 10.4 Å². The van der Waals surface area contributed by atoms with Crippen molar-refractivity contribution >= 4 is 5.91 Å². The number of aliphatic hydroxyl groups is 1. The fraction of sp³-hybridized carbons (Fsp3) is 0.375. The molecule has 0 aromatic heterocycles. The number of benzene rings is 1. The highest BCUT2D eigenvalue weighted by atomic mass is 16.3. The molecule has 1 atom stereocenters. The Labute approximate surface area is 164 Å². The molecule has 1 rings (SSSR count). The first-order valence-corrected chi connectivity index (χ1v) is 9.79. The Kier molecular flexibility index (Phi) is 13.3. The van der Waals surface area contributed by atoms with Gasteiger partial charge in [-0.25, -0.2) is 0 Å². The molecule has 27 heavy (non-hydrogen) atoms. The first-order valence-electron chi connectivity index (χ1n) is 9.79. The van der Waals surface area contributed by atoms with Crippen molar-refractivity contribution in [1.82, 2.24) is 5.32 Å². The molecule has 0 aliphatic heterocycles. The van der Waals surface area contributed by atoms with Gasteiger partial charge in [0, 0.05) is 6.42 Å². The van der Waals surface area contributed by atoms with Crippen LogP contribution < -0.4 is 5.32 Å². The normalized spacial score (nSPS) is 13.3. The van der Waals surface area contributed by atoms with Crippen LogP contribution in [0.3, 0.4) is 0 Å². The monoisotopic (exact) mass is 367 g/mol. The summed E-state index contributed by atoms with van der Waals surface area (Å²) in [7, 11) is 0. The molecule has 2 N–H and O–H groups in total. The van der Waals surface area contributed by atoms with Crippen molar-refractivity contribution in [3.8, 4) is 0 Å². The molecular formula is C24H33NO2. The summed E-state index contributed by atoms with van der Waals surface area (Å²) in [5.41, 5.74) is 0.928. The molecule has 1 aromatic rings. The highest BCUT2D eigenvalue weighted by Crippen LogP contribution is 2.12. The van der Waals surface area contributed by atoms with Crippen LogP contribution >= 0.6 is 0 Å². The summed E-state index contributed by atoms with van der Waals surface area (Å²) in [6.45, 7) is 1.94. The van der Waals surface area contributed by atoms with Crippen LogP contribution in [-0.2, 0) is 4.79 Å². The molecular weight excluding hydrogens is 334 g/mol. The van der Waals surface area contributed by atoms with Gasteiger partial charge in [-0.2, -0.15) is 0 Å². The van der Waals surface area contributed by atoms with Gasteiger partial charge in [0.15, 0.2) is 0 Å². The van der Waals surface area contributed by atoms with Gasteiger partial charge in [0.2, 0.25) is 5.91 Å². The van der Waals surface area contributed by atoms with Crippen LogP contribution in [0.1, 0.15) is 57.1 Å². The predicted molar refractivity (Wildman–Crippen MR) is 114 cm³/mol. The zero-order chi connectivity index (χ0) is 19.6. The number of rotatable bonds is 13. The first kappa shape index (κ1) is 22.7. The van der Waals surface area contributed by atoms with Crippen LogP contribution in [0.25, 0.3) is 0 Å². The van der Waals surface area contributed by atoms with Crippen LogP contribution in [0, 0.1) is 0 Å². The Hall–Kier alpha value is -2.39. The summed E-state index contributed by atoms with van der Waals surface area (Å²) in [5.74, 6) is -0.0177. The molecule has 1 amide bonds. The molecule has 0 unspecified atom stereocenters. The third-order valence-corrected chi connectivity index (χ3v) is 4.05. The minimum absolute atomic E-state index is 0.0177. The quantitative estimate of drug-likeness (QED) is 0.361. The van der Waals surface area contributed by atoms with Crippen molar-refractivity contribution in [2.24, 2.45) is 0 Å². The number of hydrogen-bond donors (Lipinski definition) is 2. The van der Waals surface area contributed by atoms with Crippen molar-refractivity contribution < 1.29 is 9.90 Å². The molecule has 1 aromatic carbocycles. The third kappa shape index (κ3) is 11.8. The smallest absolute Gasteiger partial charge is 0.220 e. The summed E-state index contributed by atoms with van der Waals surface area (Å²) in [4.78, 5) is 12.0. The van der Waals surface area contributed by atoms with Crippen LogP contribution in [-0.4, -0.2) is 17.6 Å². The summed E-state index contributed by atoms with van der Waals surface area (Å²) in [5, 5.41) is 12.4. The van der Waals surface area contributed by atoms with Crippen molar-refractivity contribution in [1.29, 1.82) is 0 Å².